The van der Waals surface area contributed by atoms with E-state index in [9.17, 15) is 5.11 Å². The fourth-order valence-electron chi connectivity index (χ4n) is 2.64. The highest BCUT2D eigenvalue weighted by molar-refractivity contribution is 4.90. The van der Waals surface area contributed by atoms with E-state index in [1.807, 2.05) is 0 Å². The molecule has 3 nitrogen and oxygen atoms in total. The summed E-state index contributed by atoms with van der Waals surface area (Å²) in [6.07, 6.45) is 4.12. The van der Waals surface area contributed by atoms with Gasteiger partial charge in [-0.2, -0.15) is 0 Å². The number of rotatable bonds is 4. The lowest BCUT2D eigenvalue weighted by Crippen LogP contribution is -2.51. The first kappa shape index (κ1) is 12.3. The van der Waals surface area contributed by atoms with Crippen LogP contribution in [-0.2, 0) is 4.74 Å². The molecule has 0 bridgehead atoms. The molecule has 2 rings (SSSR count). The normalized spacial score (nSPS) is 33.8. The summed E-state index contributed by atoms with van der Waals surface area (Å²) in [6, 6.07) is 0.638. The summed E-state index contributed by atoms with van der Waals surface area (Å²) in [7, 11) is 0. The predicted octanol–water partition coefficient (Wildman–Crippen LogP) is 1.55. The molecule has 3 heteroatoms. The first-order valence-electron chi connectivity index (χ1n) is 6.62. The van der Waals surface area contributed by atoms with Gasteiger partial charge in [0.15, 0.2) is 0 Å². The molecule has 16 heavy (non-hydrogen) atoms. The first-order valence-corrected chi connectivity index (χ1v) is 6.62. The van der Waals surface area contributed by atoms with Crippen molar-refractivity contribution in [2.45, 2.75) is 51.2 Å². The van der Waals surface area contributed by atoms with Crippen LogP contribution in [0, 0.1) is 11.8 Å². The third kappa shape index (κ3) is 2.96. The molecule has 2 N–H and O–H groups in total. The lowest BCUT2D eigenvalue weighted by molar-refractivity contribution is -0.0650. The maximum Gasteiger partial charge on any atom is 0.0815 e. The number of hydrogen-bond acceptors (Lipinski definition) is 3. The zero-order valence-corrected chi connectivity index (χ0v) is 10.5. The molecule has 1 aliphatic carbocycles. The Morgan fingerprint density at radius 3 is 2.50 bits per heavy atom. The van der Waals surface area contributed by atoms with Crippen molar-refractivity contribution >= 4 is 0 Å². The van der Waals surface area contributed by atoms with E-state index in [2.05, 4.69) is 19.2 Å². The fraction of sp³-hybridized carbons (Fsp3) is 1.00. The van der Waals surface area contributed by atoms with Crippen LogP contribution in [0.1, 0.15) is 39.5 Å². The molecule has 0 aromatic carbocycles. The van der Waals surface area contributed by atoms with Crippen LogP contribution in [0.4, 0.5) is 0 Å². The van der Waals surface area contributed by atoms with Gasteiger partial charge in [-0.25, -0.2) is 0 Å². The summed E-state index contributed by atoms with van der Waals surface area (Å²) in [5, 5.41) is 13.8. The standard InChI is InChI=1S/C13H25NO2/c1-10(2)11-7-12(8-11)14-9-13(15)3-5-16-6-4-13/h10-12,14-15H,3-9H2,1-2H3. The Bertz CT molecular complexity index is 218. The summed E-state index contributed by atoms with van der Waals surface area (Å²) in [6.45, 7) is 6.75. The molecule has 0 unspecified atom stereocenters. The van der Waals surface area contributed by atoms with Gasteiger partial charge in [-0.15, -0.1) is 0 Å². The van der Waals surface area contributed by atoms with Gasteiger partial charge >= 0.3 is 0 Å². The quantitative estimate of drug-likeness (QED) is 0.765. The number of ether oxygens (including phenoxy) is 1. The van der Waals surface area contributed by atoms with Crippen LogP contribution < -0.4 is 5.32 Å². The van der Waals surface area contributed by atoms with Gasteiger partial charge in [0.25, 0.3) is 0 Å². The van der Waals surface area contributed by atoms with Crippen LogP contribution in [0.2, 0.25) is 0 Å². The fourth-order valence-corrected chi connectivity index (χ4v) is 2.64. The molecular weight excluding hydrogens is 202 g/mol. The van der Waals surface area contributed by atoms with Crippen LogP contribution in [0.15, 0.2) is 0 Å². The maximum atomic E-state index is 10.3. The van der Waals surface area contributed by atoms with E-state index in [1.165, 1.54) is 12.8 Å². The van der Waals surface area contributed by atoms with Gasteiger partial charge in [0.1, 0.15) is 0 Å². The summed E-state index contributed by atoms with van der Waals surface area (Å²) in [4.78, 5) is 0. The summed E-state index contributed by atoms with van der Waals surface area (Å²) in [5.41, 5.74) is -0.513. The van der Waals surface area contributed by atoms with E-state index >= 15 is 0 Å². The molecule has 1 aliphatic heterocycles. The molecule has 94 valence electrons. The summed E-state index contributed by atoms with van der Waals surface area (Å²) in [5.74, 6) is 1.70. The van der Waals surface area contributed by atoms with Crippen LogP contribution in [0.5, 0.6) is 0 Å². The number of aliphatic hydroxyl groups is 1. The minimum atomic E-state index is -0.513. The molecule has 1 heterocycles. The molecule has 0 aromatic heterocycles. The summed E-state index contributed by atoms with van der Waals surface area (Å²) >= 11 is 0. The lowest BCUT2D eigenvalue weighted by atomic mass is 9.73. The highest BCUT2D eigenvalue weighted by atomic mass is 16.5. The molecule has 0 atom stereocenters. The highest BCUT2D eigenvalue weighted by Crippen LogP contribution is 2.34. The third-order valence-corrected chi connectivity index (χ3v) is 4.26. The van der Waals surface area contributed by atoms with Crippen molar-refractivity contribution in [3.63, 3.8) is 0 Å². The van der Waals surface area contributed by atoms with Crippen molar-refractivity contribution in [2.24, 2.45) is 11.8 Å². The van der Waals surface area contributed by atoms with E-state index in [-0.39, 0.29) is 0 Å². The predicted molar refractivity (Wildman–Crippen MR) is 64.4 cm³/mol. The molecule has 2 fully saturated rings. The van der Waals surface area contributed by atoms with Gasteiger partial charge in [0.2, 0.25) is 0 Å². The average molecular weight is 227 g/mol. The smallest absolute Gasteiger partial charge is 0.0815 e. The second-order valence-corrected chi connectivity index (χ2v) is 5.89. The van der Waals surface area contributed by atoms with E-state index < -0.39 is 5.60 Å². The van der Waals surface area contributed by atoms with Crippen molar-refractivity contribution in [2.75, 3.05) is 19.8 Å². The average Bonchev–Trinajstić information content (AvgIpc) is 2.15. The van der Waals surface area contributed by atoms with E-state index in [0.717, 1.165) is 31.2 Å². The van der Waals surface area contributed by atoms with Gasteiger partial charge in [-0.3, -0.25) is 0 Å². The van der Waals surface area contributed by atoms with Gasteiger partial charge in [0.05, 0.1) is 5.60 Å². The van der Waals surface area contributed by atoms with Crippen LogP contribution >= 0.6 is 0 Å². The zero-order valence-electron chi connectivity index (χ0n) is 10.5. The van der Waals surface area contributed by atoms with Gasteiger partial charge in [0, 0.05) is 38.6 Å². The van der Waals surface area contributed by atoms with Crippen molar-refractivity contribution in [1.82, 2.24) is 5.32 Å². The van der Waals surface area contributed by atoms with E-state index in [0.29, 0.717) is 19.3 Å². The second kappa shape index (κ2) is 5.03. The molecule has 1 saturated heterocycles. The largest absolute Gasteiger partial charge is 0.388 e. The van der Waals surface area contributed by atoms with E-state index in [1.54, 1.807) is 0 Å². The van der Waals surface area contributed by atoms with Crippen molar-refractivity contribution in [3.8, 4) is 0 Å². The van der Waals surface area contributed by atoms with Crippen molar-refractivity contribution in [1.29, 1.82) is 0 Å². The molecule has 2 aliphatic rings. The van der Waals surface area contributed by atoms with Gasteiger partial charge in [-0.1, -0.05) is 13.8 Å². The Morgan fingerprint density at radius 2 is 1.94 bits per heavy atom. The maximum absolute atomic E-state index is 10.3. The van der Waals surface area contributed by atoms with Gasteiger partial charge in [-0.05, 0) is 24.7 Å². The Morgan fingerprint density at radius 1 is 1.31 bits per heavy atom. The van der Waals surface area contributed by atoms with Crippen LogP contribution in [0.25, 0.3) is 0 Å². The molecule has 0 aromatic rings. The lowest BCUT2D eigenvalue weighted by Gasteiger charge is -2.41. The monoisotopic (exact) mass is 227 g/mol. The van der Waals surface area contributed by atoms with Crippen LogP contribution in [0.3, 0.4) is 0 Å². The molecule has 0 spiro atoms. The SMILES string of the molecule is CC(C)C1CC(NCC2(O)CCOCC2)C1. The molecule has 0 amide bonds. The molecular formula is C13H25NO2. The number of nitrogens with one attached hydrogen (secondary N) is 1. The molecule has 0 radical (unpaired) electrons. The topological polar surface area (TPSA) is 41.5 Å². The highest BCUT2D eigenvalue weighted by Gasteiger charge is 2.34. The zero-order chi connectivity index (χ0) is 11.6. The Hall–Kier alpha value is -0.120. The first-order chi connectivity index (χ1) is 7.59. The van der Waals surface area contributed by atoms with E-state index in [4.69, 9.17) is 4.74 Å². The van der Waals surface area contributed by atoms with Crippen molar-refractivity contribution < 1.29 is 9.84 Å². The minimum absolute atomic E-state index is 0.513. The summed E-state index contributed by atoms with van der Waals surface area (Å²) < 4.78 is 5.27. The number of hydrogen-bond donors (Lipinski definition) is 2. The van der Waals surface area contributed by atoms with Crippen molar-refractivity contribution in [3.05, 3.63) is 0 Å². The third-order valence-electron chi connectivity index (χ3n) is 4.26. The van der Waals surface area contributed by atoms with Gasteiger partial charge < -0.3 is 15.2 Å². The minimum Gasteiger partial charge on any atom is -0.388 e. The Balaban J connectivity index is 1.65. The van der Waals surface area contributed by atoms with Crippen LogP contribution in [-0.4, -0.2) is 36.5 Å². The molecule has 1 saturated carbocycles. The Kier molecular flexibility index (Phi) is 3.88. The Labute approximate surface area is 98.6 Å². The second-order valence-electron chi connectivity index (χ2n) is 5.89.